The number of rotatable bonds is 0. The van der Waals surface area contributed by atoms with Crippen molar-refractivity contribution in [2.45, 2.75) is 49.1 Å². The van der Waals surface area contributed by atoms with Crippen LogP contribution in [0.4, 0.5) is 0 Å². The second-order valence-corrected chi connectivity index (χ2v) is 13.5. The van der Waals surface area contributed by atoms with E-state index in [1.807, 2.05) is 97.1 Å². The first-order chi connectivity index (χ1) is 25.8. The smallest absolute Gasteiger partial charge is 0.138 e. The molecule has 0 aliphatic carbocycles. The van der Waals surface area contributed by atoms with Gasteiger partial charge in [-0.3, -0.25) is 21.3 Å². The van der Waals surface area contributed by atoms with Crippen molar-refractivity contribution in [3.8, 4) is 23.0 Å². The van der Waals surface area contributed by atoms with Gasteiger partial charge in [-0.2, -0.15) is 0 Å². The molecule has 12 heteroatoms. The molecule has 4 unspecified atom stereocenters. The van der Waals surface area contributed by atoms with E-state index < -0.39 is 0 Å². The number of para-hydroxylation sites is 4. The average Bonchev–Trinajstić information content (AvgIpc) is 3.20. The summed E-state index contributed by atoms with van der Waals surface area (Å²) in [5, 5.41) is 14.5. The van der Waals surface area contributed by atoms with Gasteiger partial charge in [0.1, 0.15) is 74.3 Å². The highest BCUT2D eigenvalue weighted by molar-refractivity contribution is 5.39. The first-order valence-electron chi connectivity index (χ1n) is 18.1. The Bertz CT molecular complexity index is 1570. The number of hydrogen-bond acceptors (Lipinski definition) is 12. The van der Waals surface area contributed by atoms with Crippen LogP contribution < -0.4 is 40.2 Å². The number of hydrogen-bond donors (Lipinski definition) is 4. The van der Waals surface area contributed by atoms with Gasteiger partial charge in [0, 0.05) is 22.3 Å². The Morgan fingerprint density at radius 1 is 0.327 bits per heavy atom. The Morgan fingerprint density at radius 2 is 0.558 bits per heavy atom. The summed E-state index contributed by atoms with van der Waals surface area (Å²) in [5.74, 6) is 2.98. The molecule has 0 aromatic heterocycles. The highest BCUT2D eigenvalue weighted by Gasteiger charge is 2.40. The molecule has 4 N–H and O–H groups in total. The molecule has 12 aliphatic rings. The Hall–Kier alpha value is -4.24. The number of ether oxygens (including phenoxy) is 8. The lowest BCUT2D eigenvalue weighted by Crippen LogP contribution is -2.62. The molecule has 0 spiro atoms. The van der Waals surface area contributed by atoms with Crippen LogP contribution in [-0.4, -0.2) is 77.0 Å². The van der Waals surface area contributed by atoms with E-state index in [2.05, 4.69) is 21.3 Å². The summed E-state index contributed by atoms with van der Waals surface area (Å²) in [5.41, 5.74) is 3.72. The standard InChI is InChI=1S/C40H44N4O8/c1-5-13-33-25(9-1)37-41-29-22-50-38(42-30(29)21-49-37)27-11-3-7-15-35(27)47-19-20-48-36-16-8-4-12-28(36)40-44-32-23-51-39(43-31(32)24-52-40)26-10-2-6-14-34(26)46-18-17-45-33/h1-16,29-32,37-44H,17-24H2/t29-,30-,31-,32-,37?,38?,39?,40?/m1/s1. The molecule has 0 radical (unpaired) electrons. The molecule has 4 fully saturated rings. The van der Waals surface area contributed by atoms with Gasteiger partial charge in [-0.05, 0) is 24.3 Å². The Labute approximate surface area is 303 Å². The largest absolute Gasteiger partial charge is 0.490 e. The number of benzene rings is 4. The molecule has 272 valence electrons. The van der Waals surface area contributed by atoms with Crippen LogP contribution in [0.2, 0.25) is 0 Å². The average molecular weight is 709 g/mol. The van der Waals surface area contributed by atoms with Gasteiger partial charge in [0.15, 0.2) is 0 Å². The van der Waals surface area contributed by atoms with Crippen molar-refractivity contribution in [3.63, 3.8) is 0 Å². The third-order valence-corrected chi connectivity index (χ3v) is 10.2. The fraction of sp³-hybridized carbons (Fsp3) is 0.400. The van der Waals surface area contributed by atoms with E-state index >= 15 is 0 Å². The monoisotopic (exact) mass is 708 g/mol. The van der Waals surface area contributed by atoms with E-state index in [4.69, 9.17) is 37.9 Å². The lowest BCUT2D eigenvalue weighted by molar-refractivity contribution is -0.116. The summed E-state index contributed by atoms with van der Waals surface area (Å²) < 4.78 is 50.7. The highest BCUT2D eigenvalue weighted by atomic mass is 16.5. The molecular formula is C40H44N4O8. The summed E-state index contributed by atoms with van der Waals surface area (Å²) in [7, 11) is 0. The van der Waals surface area contributed by atoms with Gasteiger partial charge < -0.3 is 37.9 Å². The van der Waals surface area contributed by atoms with Crippen molar-refractivity contribution in [2.24, 2.45) is 0 Å². The highest BCUT2D eigenvalue weighted by Crippen LogP contribution is 2.36. The number of nitrogens with one attached hydrogen (secondary N) is 4. The van der Waals surface area contributed by atoms with E-state index in [0.29, 0.717) is 52.9 Å². The minimum Gasteiger partial charge on any atom is -0.490 e. The van der Waals surface area contributed by atoms with E-state index in [-0.39, 0.29) is 49.1 Å². The lowest BCUT2D eigenvalue weighted by atomic mass is 10.0. The van der Waals surface area contributed by atoms with Gasteiger partial charge >= 0.3 is 0 Å². The van der Waals surface area contributed by atoms with Crippen LogP contribution >= 0.6 is 0 Å². The third kappa shape index (κ3) is 7.08. The van der Waals surface area contributed by atoms with Crippen LogP contribution in [0.5, 0.6) is 23.0 Å². The molecule has 52 heavy (non-hydrogen) atoms. The predicted molar refractivity (Wildman–Crippen MR) is 190 cm³/mol. The minimum atomic E-state index is -0.347. The molecule has 4 aromatic carbocycles. The molecule has 4 saturated heterocycles. The van der Waals surface area contributed by atoms with Gasteiger partial charge in [-0.25, -0.2) is 0 Å². The fourth-order valence-corrected chi connectivity index (χ4v) is 7.53. The second kappa shape index (κ2) is 15.4. The zero-order valence-electron chi connectivity index (χ0n) is 28.8. The van der Waals surface area contributed by atoms with Gasteiger partial charge in [0.2, 0.25) is 0 Å². The molecule has 12 heterocycles. The molecule has 16 rings (SSSR count). The molecular weight excluding hydrogens is 664 g/mol. The third-order valence-electron chi connectivity index (χ3n) is 10.2. The molecule has 0 saturated carbocycles. The van der Waals surface area contributed by atoms with Gasteiger partial charge in [-0.1, -0.05) is 72.8 Å². The quantitative estimate of drug-likeness (QED) is 0.209. The predicted octanol–water partition coefficient (Wildman–Crippen LogP) is 4.26. The molecule has 8 bridgehead atoms. The van der Waals surface area contributed by atoms with E-state index in [1.54, 1.807) is 0 Å². The fourth-order valence-electron chi connectivity index (χ4n) is 7.53. The maximum Gasteiger partial charge on any atom is 0.138 e. The molecule has 12 nitrogen and oxygen atoms in total. The SMILES string of the molecule is c1ccc2c(c1)OCCOc1ccccc1C1N[C@@H]3COC(N[C@@H]3CO1)c1ccccc1OCCOc1ccccc1C1N[C@@H]3COC2N[C@@H]3CO1. The Kier molecular flexibility index (Phi) is 9.94. The van der Waals surface area contributed by atoms with Gasteiger partial charge in [-0.15, -0.1) is 0 Å². The van der Waals surface area contributed by atoms with Crippen LogP contribution in [0, 0.1) is 0 Å². The Balaban J connectivity index is 0.958. The lowest BCUT2D eigenvalue weighted by Gasteiger charge is -2.44. The van der Waals surface area contributed by atoms with Crippen LogP contribution in [-0.2, 0) is 18.9 Å². The topological polar surface area (TPSA) is 122 Å². The van der Waals surface area contributed by atoms with E-state index in [0.717, 1.165) is 45.3 Å². The van der Waals surface area contributed by atoms with Crippen molar-refractivity contribution in [1.82, 2.24) is 21.3 Å². The summed E-state index contributed by atoms with van der Waals surface area (Å²) >= 11 is 0. The van der Waals surface area contributed by atoms with Gasteiger partial charge in [0.25, 0.3) is 0 Å². The van der Waals surface area contributed by atoms with Crippen molar-refractivity contribution in [3.05, 3.63) is 119 Å². The molecule has 8 atom stereocenters. The maximum absolute atomic E-state index is 6.39. The summed E-state index contributed by atoms with van der Waals surface area (Å²) in [4.78, 5) is 0. The zero-order valence-corrected chi connectivity index (χ0v) is 28.8. The second-order valence-electron chi connectivity index (χ2n) is 13.5. The van der Waals surface area contributed by atoms with Crippen LogP contribution in [0.25, 0.3) is 0 Å². The van der Waals surface area contributed by atoms with Crippen molar-refractivity contribution >= 4 is 0 Å². The summed E-state index contributed by atoms with van der Waals surface area (Å²) in [6.07, 6.45) is -1.39. The summed E-state index contributed by atoms with van der Waals surface area (Å²) in [6.45, 7) is 3.43. The Morgan fingerprint density at radius 3 is 0.808 bits per heavy atom. The molecule has 0 amide bonds. The van der Waals surface area contributed by atoms with Crippen LogP contribution in [0.15, 0.2) is 97.1 Å². The maximum atomic E-state index is 6.39. The van der Waals surface area contributed by atoms with Crippen molar-refractivity contribution < 1.29 is 37.9 Å². The normalized spacial score (nSPS) is 30.5. The minimum absolute atomic E-state index is 0.0379. The van der Waals surface area contributed by atoms with Crippen LogP contribution in [0.1, 0.15) is 47.2 Å². The molecule has 4 aromatic rings. The van der Waals surface area contributed by atoms with Crippen LogP contribution in [0.3, 0.4) is 0 Å². The molecule has 12 aliphatic heterocycles. The van der Waals surface area contributed by atoms with Crippen molar-refractivity contribution in [2.75, 3.05) is 52.9 Å². The van der Waals surface area contributed by atoms with Crippen molar-refractivity contribution in [1.29, 1.82) is 0 Å². The van der Waals surface area contributed by atoms with E-state index in [9.17, 15) is 0 Å². The summed E-state index contributed by atoms with van der Waals surface area (Å²) in [6, 6.07) is 32.0. The zero-order chi connectivity index (χ0) is 34.7. The van der Waals surface area contributed by atoms with E-state index in [1.165, 1.54) is 0 Å². The van der Waals surface area contributed by atoms with Gasteiger partial charge in [0.05, 0.1) is 50.6 Å². The first-order valence-corrected chi connectivity index (χ1v) is 18.1. The first kappa shape index (κ1) is 33.6.